The number of hydrogen-bond acceptors (Lipinski definition) is 4. The van der Waals surface area contributed by atoms with Gasteiger partial charge in [0.25, 0.3) is 0 Å². The number of nitrogens with one attached hydrogen (secondary N) is 3. The first-order valence-electron chi connectivity index (χ1n) is 6.99. The van der Waals surface area contributed by atoms with Crippen molar-refractivity contribution in [2.24, 2.45) is 0 Å². The molecule has 1 aromatic carbocycles. The first kappa shape index (κ1) is 15.5. The van der Waals surface area contributed by atoms with Crippen LogP contribution in [0.25, 0.3) is 0 Å². The van der Waals surface area contributed by atoms with Gasteiger partial charge in [0.1, 0.15) is 6.61 Å². The molecule has 0 radical (unpaired) electrons. The monoisotopic (exact) mass is 291 g/mol. The molecule has 1 unspecified atom stereocenters. The van der Waals surface area contributed by atoms with Crippen LogP contribution >= 0.6 is 0 Å². The van der Waals surface area contributed by atoms with E-state index in [4.69, 9.17) is 4.74 Å². The second-order valence-electron chi connectivity index (χ2n) is 5.38. The summed E-state index contributed by atoms with van der Waals surface area (Å²) in [6.07, 6.45) is 1.82. The molecule has 0 saturated carbocycles. The van der Waals surface area contributed by atoms with Crippen molar-refractivity contribution in [1.82, 2.24) is 5.32 Å². The molecule has 21 heavy (non-hydrogen) atoms. The van der Waals surface area contributed by atoms with Crippen LogP contribution in [0.1, 0.15) is 19.8 Å². The summed E-state index contributed by atoms with van der Waals surface area (Å²) < 4.78 is 4.76. The van der Waals surface area contributed by atoms with Gasteiger partial charge in [0.15, 0.2) is 0 Å². The Bertz CT molecular complexity index is 525. The van der Waals surface area contributed by atoms with Gasteiger partial charge in [-0.2, -0.15) is 0 Å². The summed E-state index contributed by atoms with van der Waals surface area (Å²) in [5, 5.41) is 8.81. The van der Waals surface area contributed by atoms with Crippen molar-refractivity contribution < 1.29 is 14.3 Å². The zero-order chi connectivity index (χ0) is 15.3. The van der Waals surface area contributed by atoms with Crippen LogP contribution in [0.4, 0.5) is 11.4 Å². The predicted molar refractivity (Wildman–Crippen MR) is 81.2 cm³/mol. The zero-order valence-electron chi connectivity index (χ0n) is 12.4. The highest BCUT2D eigenvalue weighted by molar-refractivity contribution is 5.99. The van der Waals surface area contributed by atoms with Gasteiger partial charge in [0.05, 0.1) is 5.54 Å². The lowest BCUT2D eigenvalue weighted by atomic mass is 9.99. The quantitative estimate of drug-likeness (QED) is 0.765. The van der Waals surface area contributed by atoms with Crippen molar-refractivity contribution in [3.8, 4) is 0 Å². The first-order valence-corrected chi connectivity index (χ1v) is 6.99. The Kier molecular flexibility index (Phi) is 4.93. The number of amides is 2. The summed E-state index contributed by atoms with van der Waals surface area (Å²) in [7, 11) is 1.46. The minimum absolute atomic E-state index is 0.00141. The Balaban J connectivity index is 2.00. The molecule has 2 rings (SSSR count). The maximum atomic E-state index is 12.3. The number of ether oxygens (including phenoxy) is 1. The van der Waals surface area contributed by atoms with E-state index in [0.29, 0.717) is 11.4 Å². The lowest BCUT2D eigenvalue weighted by Crippen LogP contribution is -2.47. The van der Waals surface area contributed by atoms with Crippen molar-refractivity contribution >= 4 is 23.2 Å². The molecule has 1 saturated heterocycles. The Hall–Kier alpha value is -1.92. The van der Waals surface area contributed by atoms with E-state index < -0.39 is 5.54 Å². The molecule has 1 atom stereocenters. The van der Waals surface area contributed by atoms with E-state index in [1.807, 2.05) is 6.92 Å². The summed E-state index contributed by atoms with van der Waals surface area (Å²) in [6.45, 7) is 2.76. The highest BCUT2D eigenvalue weighted by atomic mass is 16.5. The van der Waals surface area contributed by atoms with Gasteiger partial charge in [-0.15, -0.1) is 0 Å². The SMILES string of the molecule is COCC(=O)Nc1cccc(NC(=O)C2(C)CCCN2)c1. The molecule has 6 heteroatoms. The average molecular weight is 291 g/mol. The minimum Gasteiger partial charge on any atom is -0.375 e. The molecule has 1 heterocycles. The fraction of sp³-hybridized carbons (Fsp3) is 0.467. The molecular weight excluding hydrogens is 270 g/mol. The van der Waals surface area contributed by atoms with E-state index >= 15 is 0 Å². The van der Waals surface area contributed by atoms with Gasteiger partial charge < -0.3 is 20.7 Å². The lowest BCUT2D eigenvalue weighted by Gasteiger charge is -2.23. The molecule has 0 aromatic heterocycles. The van der Waals surface area contributed by atoms with Crippen LogP contribution in [-0.4, -0.2) is 37.6 Å². The molecule has 0 bridgehead atoms. The highest BCUT2D eigenvalue weighted by Gasteiger charge is 2.35. The molecule has 0 aliphatic carbocycles. The summed E-state index contributed by atoms with van der Waals surface area (Å²) >= 11 is 0. The maximum Gasteiger partial charge on any atom is 0.250 e. The number of carbonyl (C=O) groups excluding carboxylic acids is 2. The van der Waals surface area contributed by atoms with E-state index in [1.165, 1.54) is 7.11 Å². The molecule has 1 aromatic rings. The number of benzene rings is 1. The van der Waals surface area contributed by atoms with Gasteiger partial charge in [0, 0.05) is 18.5 Å². The second-order valence-corrected chi connectivity index (χ2v) is 5.38. The Morgan fingerprint density at radius 1 is 1.33 bits per heavy atom. The molecule has 1 fully saturated rings. The van der Waals surface area contributed by atoms with Gasteiger partial charge >= 0.3 is 0 Å². The van der Waals surface area contributed by atoms with Crippen molar-refractivity contribution in [3.63, 3.8) is 0 Å². The number of carbonyl (C=O) groups is 2. The van der Waals surface area contributed by atoms with Crippen molar-refractivity contribution in [1.29, 1.82) is 0 Å². The second kappa shape index (κ2) is 6.69. The van der Waals surface area contributed by atoms with Gasteiger partial charge in [-0.1, -0.05) is 6.07 Å². The number of hydrogen-bond donors (Lipinski definition) is 3. The fourth-order valence-electron chi connectivity index (χ4n) is 2.36. The molecular formula is C15H21N3O3. The lowest BCUT2D eigenvalue weighted by molar-refractivity contribution is -0.121. The van der Waals surface area contributed by atoms with Crippen LogP contribution in [-0.2, 0) is 14.3 Å². The largest absolute Gasteiger partial charge is 0.375 e. The minimum atomic E-state index is -0.519. The van der Waals surface area contributed by atoms with Gasteiger partial charge in [-0.25, -0.2) is 0 Å². The highest BCUT2D eigenvalue weighted by Crippen LogP contribution is 2.22. The van der Waals surface area contributed by atoms with E-state index in [0.717, 1.165) is 19.4 Å². The standard InChI is InChI=1S/C15H21N3O3/c1-15(7-4-8-16-15)14(20)18-12-6-3-5-11(9-12)17-13(19)10-21-2/h3,5-6,9,16H,4,7-8,10H2,1-2H3,(H,17,19)(H,18,20). The third-order valence-corrected chi connectivity index (χ3v) is 3.55. The first-order chi connectivity index (χ1) is 10.0. The Morgan fingerprint density at radius 3 is 2.67 bits per heavy atom. The average Bonchev–Trinajstić information content (AvgIpc) is 2.88. The summed E-state index contributed by atoms with van der Waals surface area (Å²) in [5.74, 6) is -0.286. The van der Waals surface area contributed by atoms with E-state index in [2.05, 4.69) is 16.0 Å². The topological polar surface area (TPSA) is 79.5 Å². The molecule has 1 aliphatic rings. The van der Waals surface area contributed by atoms with Crippen LogP contribution in [0, 0.1) is 0 Å². The van der Waals surface area contributed by atoms with E-state index in [9.17, 15) is 9.59 Å². The van der Waals surface area contributed by atoms with Crippen molar-refractivity contribution in [2.45, 2.75) is 25.3 Å². The van der Waals surface area contributed by atoms with E-state index in [-0.39, 0.29) is 18.4 Å². The number of rotatable bonds is 5. The number of anilines is 2. The summed E-state index contributed by atoms with van der Waals surface area (Å²) in [4.78, 5) is 23.8. The van der Waals surface area contributed by atoms with Crippen LogP contribution in [0.5, 0.6) is 0 Å². The third-order valence-electron chi connectivity index (χ3n) is 3.55. The molecule has 6 nitrogen and oxygen atoms in total. The van der Waals surface area contributed by atoms with Gasteiger partial charge in [-0.3, -0.25) is 9.59 Å². The fourth-order valence-corrected chi connectivity index (χ4v) is 2.36. The summed E-state index contributed by atoms with van der Waals surface area (Å²) in [5.41, 5.74) is 0.763. The van der Waals surface area contributed by atoms with E-state index in [1.54, 1.807) is 24.3 Å². The smallest absolute Gasteiger partial charge is 0.250 e. The Labute approximate surface area is 124 Å². The van der Waals surface area contributed by atoms with Crippen LogP contribution in [0.2, 0.25) is 0 Å². The molecule has 114 valence electrons. The van der Waals surface area contributed by atoms with Crippen LogP contribution in [0.15, 0.2) is 24.3 Å². The van der Waals surface area contributed by atoms with Gasteiger partial charge in [-0.05, 0) is 44.5 Å². The van der Waals surface area contributed by atoms with Crippen LogP contribution < -0.4 is 16.0 Å². The van der Waals surface area contributed by atoms with Crippen molar-refractivity contribution in [3.05, 3.63) is 24.3 Å². The molecule has 3 N–H and O–H groups in total. The van der Waals surface area contributed by atoms with Gasteiger partial charge in [0.2, 0.25) is 11.8 Å². The Morgan fingerprint density at radius 2 is 2.05 bits per heavy atom. The molecule has 2 amide bonds. The normalized spacial score (nSPS) is 21.0. The predicted octanol–water partition coefficient (Wildman–Crippen LogP) is 1.35. The van der Waals surface area contributed by atoms with Crippen LogP contribution in [0.3, 0.4) is 0 Å². The molecule has 1 aliphatic heterocycles. The maximum absolute atomic E-state index is 12.3. The zero-order valence-corrected chi connectivity index (χ0v) is 12.4. The van der Waals surface area contributed by atoms with Crippen molar-refractivity contribution in [2.75, 3.05) is 30.9 Å². The third kappa shape index (κ3) is 4.03. The molecule has 0 spiro atoms. The summed E-state index contributed by atoms with van der Waals surface area (Å²) in [6, 6.07) is 7.06. The number of methoxy groups -OCH3 is 1.